The number of halogens is 3. The summed E-state index contributed by atoms with van der Waals surface area (Å²) in [6.07, 6.45) is 0. The Labute approximate surface area is 165 Å². The molecule has 2 aromatic carbocycles. The number of hydrogen-bond acceptors (Lipinski definition) is 4. The smallest absolute Gasteiger partial charge is 0.356 e. The zero-order chi connectivity index (χ0) is 19.4. The number of anilines is 1. The third-order valence-electron chi connectivity index (χ3n) is 3.54. The highest BCUT2D eigenvalue weighted by Gasteiger charge is 2.18. The van der Waals surface area contributed by atoms with Gasteiger partial charge in [0.25, 0.3) is 11.7 Å². The van der Waals surface area contributed by atoms with Crippen molar-refractivity contribution < 1.29 is 23.1 Å². The number of fused-ring (bicyclic) bond motifs is 1. The SMILES string of the molecule is O=C(COC(=O)c1[nH]c2ccccc2c1Br)Nc1ccc(SC(F)F)cc1. The average molecular weight is 455 g/mol. The van der Waals surface area contributed by atoms with E-state index in [0.717, 1.165) is 10.9 Å². The minimum atomic E-state index is -2.51. The molecule has 3 rings (SSSR count). The van der Waals surface area contributed by atoms with Gasteiger partial charge in [-0.25, -0.2) is 4.79 Å². The highest BCUT2D eigenvalue weighted by atomic mass is 79.9. The van der Waals surface area contributed by atoms with Crippen LogP contribution in [0.25, 0.3) is 10.9 Å². The first kappa shape index (κ1) is 19.4. The molecule has 9 heteroatoms. The molecular formula is C18H13BrF2N2O3S. The summed E-state index contributed by atoms with van der Waals surface area (Å²) in [5.41, 5.74) is 1.40. The van der Waals surface area contributed by atoms with Crippen molar-refractivity contribution in [2.75, 3.05) is 11.9 Å². The number of para-hydroxylation sites is 1. The normalized spacial score (nSPS) is 11.0. The zero-order valence-electron chi connectivity index (χ0n) is 13.7. The number of carbonyl (C=O) groups excluding carboxylic acids is 2. The van der Waals surface area contributed by atoms with E-state index < -0.39 is 24.2 Å². The molecule has 0 fully saturated rings. The van der Waals surface area contributed by atoms with Crippen molar-refractivity contribution in [3.63, 3.8) is 0 Å². The van der Waals surface area contributed by atoms with Crippen LogP contribution < -0.4 is 5.32 Å². The largest absolute Gasteiger partial charge is 0.451 e. The summed E-state index contributed by atoms with van der Waals surface area (Å²) in [6.45, 7) is -0.478. The van der Waals surface area contributed by atoms with Crippen LogP contribution in [-0.4, -0.2) is 29.2 Å². The van der Waals surface area contributed by atoms with Crippen molar-refractivity contribution in [3.8, 4) is 0 Å². The topological polar surface area (TPSA) is 71.2 Å². The van der Waals surface area contributed by atoms with E-state index in [0.29, 0.717) is 26.8 Å². The number of ether oxygens (including phenoxy) is 1. The molecule has 0 saturated carbocycles. The molecule has 0 aliphatic heterocycles. The summed E-state index contributed by atoms with van der Waals surface area (Å²) >= 11 is 3.77. The molecule has 140 valence electrons. The van der Waals surface area contributed by atoms with Crippen LogP contribution in [0.1, 0.15) is 10.5 Å². The molecule has 1 aromatic heterocycles. The van der Waals surface area contributed by atoms with Gasteiger partial charge in [-0.3, -0.25) is 4.79 Å². The molecule has 2 N–H and O–H groups in total. The number of H-pyrrole nitrogens is 1. The number of alkyl halides is 2. The number of aromatic amines is 1. The number of carbonyl (C=O) groups is 2. The molecule has 0 spiro atoms. The van der Waals surface area contributed by atoms with E-state index in [2.05, 4.69) is 26.2 Å². The molecule has 0 radical (unpaired) electrons. The van der Waals surface area contributed by atoms with Crippen LogP contribution in [0, 0.1) is 0 Å². The van der Waals surface area contributed by atoms with Gasteiger partial charge in [0.05, 0.1) is 4.47 Å². The number of nitrogens with one attached hydrogen (secondary N) is 2. The highest BCUT2D eigenvalue weighted by Crippen LogP contribution is 2.28. The maximum Gasteiger partial charge on any atom is 0.356 e. The summed E-state index contributed by atoms with van der Waals surface area (Å²) in [4.78, 5) is 27.5. The highest BCUT2D eigenvalue weighted by molar-refractivity contribution is 9.10. The van der Waals surface area contributed by atoms with Crippen LogP contribution in [0.15, 0.2) is 57.9 Å². The fourth-order valence-corrected chi connectivity index (χ4v) is 3.47. The third-order valence-corrected chi connectivity index (χ3v) is 5.09. The maximum atomic E-state index is 12.3. The third kappa shape index (κ3) is 4.86. The first-order valence-corrected chi connectivity index (χ1v) is 9.39. The van der Waals surface area contributed by atoms with E-state index in [1.807, 2.05) is 24.3 Å². The Morgan fingerprint density at radius 2 is 1.85 bits per heavy atom. The predicted molar refractivity (Wildman–Crippen MR) is 103 cm³/mol. The minimum Gasteiger partial charge on any atom is -0.451 e. The van der Waals surface area contributed by atoms with E-state index in [1.54, 1.807) is 0 Å². The Balaban J connectivity index is 1.56. The number of thioether (sulfide) groups is 1. The van der Waals surface area contributed by atoms with Gasteiger partial charge in [-0.2, -0.15) is 8.78 Å². The fourth-order valence-electron chi connectivity index (χ4n) is 2.37. The van der Waals surface area contributed by atoms with Gasteiger partial charge in [-0.05, 0) is 46.3 Å². The minimum absolute atomic E-state index is 0.220. The van der Waals surface area contributed by atoms with E-state index in [1.165, 1.54) is 24.3 Å². The van der Waals surface area contributed by atoms with Gasteiger partial charge in [0.1, 0.15) is 5.69 Å². The van der Waals surface area contributed by atoms with Gasteiger partial charge in [0.15, 0.2) is 6.61 Å². The van der Waals surface area contributed by atoms with Gasteiger partial charge in [0.2, 0.25) is 0 Å². The van der Waals surface area contributed by atoms with E-state index in [-0.39, 0.29) is 5.69 Å². The molecule has 1 heterocycles. The second-order valence-corrected chi connectivity index (χ2v) is 7.24. The molecule has 5 nitrogen and oxygen atoms in total. The lowest BCUT2D eigenvalue weighted by molar-refractivity contribution is -0.119. The van der Waals surface area contributed by atoms with E-state index in [9.17, 15) is 18.4 Å². The summed E-state index contributed by atoms with van der Waals surface area (Å²) in [5, 5.41) is 3.36. The Bertz CT molecular complexity index is 976. The summed E-state index contributed by atoms with van der Waals surface area (Å²) < 4.78 is 30.2. The van der Waals surface area contributed by atoms with Crippen molar-refractivity contribution in [3.05, 3.63) is 58.7 Å². The summed E-state index contributed by atoms with van der Waals surface area (Å²) in [7, 11) is 0. The summed E-state index contributed by atoms with van der Waals surface area (Å²) in [6, 6.07) is 13.3. The average Bonchev–Trinajstić information content (AvgIpc) is 2.98. The monoisotopic (exact) mass is 454 g/mol. The Morgan fingerprint density at radius 3 is 2.52 bits per heavy atom. The Morgan fingerprint density at radius 1 is 1.15 bits per heavy atom. The van der Waals surface area contributed by atoms with Gasteiger partial charge in [-0.15, -0.1) is 0 Å². The molecule has 0 aliphatic carbocycles. The lowest BCUT2D eigenvalue weighted by Crippen LogP contribution is -2.21. The zero-order valence-corrected chi connectivity index (χ0v) is 16.1. The quantitative estimate of drug-likeness (QED) is 0.404. The van der Waals surface area contributed by atoms with Crippen molar-refractivity contribution in [1.29, 1.82) is 0 Å². The predicted octanol–water partition coefficient (Wildman–Crippen LogP) is 5.04. The first-order valence-electron chi connectivity index (χ1n) is 7.72. The van der Waals surface area contributed by atoms with Crippen molar-refractivity contribution in [2.24, 2.45) is 0 Å². The molecule has 0 atom stereocenters. The number of benzene rings is 2. The van der Waals surface area contributed by atoms with E-state index in [4.69, 9.17) is 4.74 Å². The van der Waals surface area contributed by atoms with Gasteiger partial charge in [0, 0.05) is 21.5 Å². The van der Waals surface area contributed by atoms with Crippen LogP contribution >= 0.6 is 27.7 Å². The van der Waals surface area contributed by atoms with Crippen molar-refractivity contribution in [1.82, 2.24) is 4.98 Å². The van der Waals surface area contributed by atoms with Crippen LogP contribution in [0.4, 0.5) is 14.5 Å². The number of esters is 1. The number of hydrogen-bond donors (Lipinski definition) is 2. The first-order chi connectivity index (χ1) is 12.9. The van der Waals surface area contributed by atoms with Gasteiger partial charge in [-0.1, -0.05) is 30.0 Å². The molecule has 0 aliphatic rings. The Kier molecular flexibility index (Phi) is 6.12. The number of rotatable bonds is 6. The lowest BCUT2D eigenvalue weighted by Gasteiger charge is -2.07. The molecule has 0 bridgehead atoms. The molecule has 3 aromatic rings. The molecule has 27 heavy (non-hydrogen) atoms. The molecule has 0 saturated heterocycles. The van der Waals surface area contributed by atoms with Crippen LogP contribution in [0.3, 0.4) is 0 Å². The second-order valence-electron chi connectivity index (χ2n) is 5.39. The molecule has 0 unspecified atom stereocenters. The van der Waals surface area contributed by atoms with Crippen molar-refractivity contribution in [2.45, 2.75) is 10.7 Å². The van der Waals surface area contributed by atoms with Crippen LogP contribution in [0.5, 0.6) is 0 Å². The van der Waals surface area contributed by atoms with Crippen LogP contribution in [0.2, 0.25) is 0 Å². The van der Waals surface area contributed by atoms with Crippen molar-refractivity contribution >= 4 is 56.2 Å². The summed E-state index contributed by atoms with van der Waals surface area (Å²) in [5.74, 6) is -3.71. The van der Waals surface area contributed by atoms with Gasteiger partial charge >= 0.3 is 5.97 Å². The number of aromatic nitrogens is 1. The molecule has 1 amide bonds. The second kappa shape index (κ2) is 8.53. The van der Waals surface area contributed by atoms with Crippen LogP contribution in [-0.2, 0) is 9.53 Å². The standard InChI is InChI=1S/C18H13BrF2N2O3S/c19-15-12-3-1-2-4-13(12)23-16(15)17(25)26-9-14(24)22-10-5-7-11(8-6-10)27-18(20)21/h1-8,18,23H,9H2,(H,22,24). The lowest BCUT2D eigenvalue weighted by atomic mass is 10.2. The van der Waals surface area contributed by atoms with E-state index >= 15 is 0 Å². The number of amides is 1. The Hall–Kier alpha value is -2.39. The maximum absolute atomic E-state index is 12.3. The molecular weight excluding hydrogens is 442 g/mol. The fraction of sp³-hybridized carbons (Fsp3) is 0.111. The van der Waals surface area contributed by atoms with Gasteiger partial charge < -0.3 is 15.0 Å².